The highest BCUT2D eigenvalue weighted by molar-refractivity contribution is 5.98. The second-order valence-corrected chi connectivity index (χ2v) is 5.00. The van der Waals surface area contributed by atoms with E-state index in [-0.39, 0.29) is 5.70 Å². The van der Waals surface area contributed by atoms with E-state index in [0.29, 0.717) is 18.0 Å². The van der Waals surface area contributed by atoms with Gasteiger partial charge in [0.1, 0.15) is 18.1 Å². The Morgan fingerprint density at radius 2 is 1.64 bits per heavy atom. The Bertz CT molecular complexity index is 738. The van der Waals surface area contributed by atoms with Crippen molar-refractivity contribution in [2.24, 2.45) is 0 Å². The second-order valence-electron chi connectivity index (χ2n) is 5.00. The quantitative estimate of drug-likeness (QED) is 0.617. The van der Waals surface area contributed by atoms with Crippen molar-refractivity contribution in [2.75, 3.05) is 19.5 Å². The van der Waals surface area contributed by atoms with Gasteiger partial charge in [-0.05, 0) is 29.8 Å². The van der Waals surface area contributed by atoms with Crippen LogP contribution in [-0.2, 0) is 25.7 Å². The molecule has 0 aromatic heterocycles. The number of hydrogen-bond donors (Lipinski definition) is 1. The van der Waals surface area contributed by atoms with Crippen molar-refractivity contribution in [1.82, 2.24) is 0 Å². The van der Waals surface area contributed by atoms with Crippen molar-refractivity contribution in [2.45, 2.75) is 6.61 Å². The first-order valence-electron chi connectivity index (χ1n) is 7.54. The maximum Gasteiger partial charge on any atom is 0.354 e. The van der Waals surface area contributed by atoms with Crippen LogP contribution in [0.5, 0.6) is 5.75 Å². The Morgan fingerprint density at radius 3 is 2.24 bits per heavy atom. The lowest BCUT2D eigenvalue weighted by atomic mass is 10.2. The topological polar surface area (TPSA) is 73.9 Å². The number of benzene rings is 2. The van der Waals surface area contributed by atoms with Gasteiger partial charge in [0.2, 0.25) is 0 Å². The number of carbonyl (C=O) groups excluding carboxylic acids is 2. The van der Waals surface area contributed by atoms with E-state index >= 15 is 0 Å². The van der Waals surface area contributed by atoms with Crippen LogP contribution in [0, 0.1) is 0 Å². The number of esters is 2. The maximum atomic E-state index is 11.7. The van der Waals surface area contributed by atoms with Crippen LogP contribution in [0.15, 0.2) is 66.4 Å². The molecule has 0 heterocycles. The van der Waals surface area contributed by atoms with Crippen molar-refractivity contribution in [1.29, 1.82) is 0 Å². The van der Waals surface area contributed by atoms with E-state index in [2.05, 4.69) is 14.8 Å². The molecule has 0 saturated heterocycles. The van der Waals surface area contributed by atoms with E-state index in [1.807, 2.05) is 30.3 Å². The molecule has 0 radical (unpaired) electrons. The molecule has 6 heteroatoms. The van der Waals surface area contributed by atoms with E-state index < -0.39 is 11.9 Å². The van der Waals surface area contributed by atoms with Crippen molar-refractivity contribution in [3.8, 4) is 5.75 Å². The van der Waals surface area contributed by atoms with Crippen molar-refractivity contribution >= 4 is 17.6 Å². The van der Waals surface area contributed by atoms with Gasteiger partial charge in [-0.15, -0.1) is 0 Å². The highest BCUT2D eigenvalue weighted by Crippen LogP contribution is 2.18. The molecule has 0 atom stereocenters. The molecular weight excluding hydrogens is 322 g/mol. The molecule has 0 spiro atoms. The monoisotopic (exact) mass is 341 g/mol. The zero-order chi connectivity index (χ0) is 18.1. The van der Waals surface area contributed by atoms with Gasteiger partial charge in [0, 0.05) is 5.69 Å². The van der Waals surface area contributed by atoms with E-state index in [0.717, 1.165) is 11.6 Å². The first-order valence-corrected chi connectivity index (χ1v) is 7.54. The molecule has 0 aliphatic carbocycles. The number of ether oxygens (including phenoxy) is 3. The van der Waals surface area contributed by atoms with Gasteiger partial charge >= 0.3 is 11.9 Å². The molecule has 1 N–H and O–H groups in total. The van der Waals surface area contributed by atoms with Gasteiger partial charge in [-0.3, -0.25) is 0 Å². The summed E-state index contributed by atoms with van der Waals surface area (Å²) in [4.78, 5) is 23.0. The molecule has 2 aromatic rings. The van der Waals surface area contributed by atoms with Gasteiger partial charge in [0.05, 0.1) is 20.3 Å². The number of rotatable bonds is 7. The van der Waals surface area contributed by atoms with E-state index in [1.165, 1.54) is 14.2 Å². The number of methoxy groups -OCH3 is 2. The summed E-state index contributed by atoms with van der Waals surface area (Å²) in [6, 6.07) is 16.8. The summed E-state index contributed by atoms with van der Waals surface area (Å²) in [6.07, 6.45) is 1.03. The highest BCUT2D eigenvalue weighted by Gasteiger charge is 2.12. The number of hydrogen-bond acceptors (Lipinski definition) is 6. The third kappa shape index (κ3) is 5.69. The van der Waals surface area contributed by atoms with Gasteiger partial charge in [-0.2, -0.15) is 0 Å². The first-order chi connectivity index (χ1) is 12.1. The molecule has 0 unspecified atom stereocenters. The van der Waals surface area contributed by atoms with Crippen LogP contribution >= 0.6 is 0 Å². The van der Waals surface area contributed by atoms with E-state index in [1.54, 1.807) is 24.3 Å². The fraction of sp³-hybridized carbons (Fsp3) is 0.158. The largest absolute Gasteiger partial charge is 0.489 e. The standard InChI is InChI=1S/C19H19NO5/c1-23-18(21)12-17(19(22)24-2)20-15-8-10-16(11-9-15)25-13-14-6-4-3-5-7-14/h3-12,20H,13H2,1-2H3/b17-12+. The van der Waals surface area contributed by atoms with Crippen LogP contribution in [0.3, 0.4) is 0 Å². The third-order valence-corrected chi connectivity index (χ3v) is 3.25. The van der Waals surface area contributed by atoms with Crippen molar-refractivity contribution in [3.05, 3.63) is 71.9 Å². The minimum Gasteiger partial charge on any atom is -0.489 e. The highest BCUT2D eigenvalue weighted by atomic mass is 16.5. The van der Waals surface area contributed by atoms with Crippen LogP contribution in [0.1, 0.15) is 5.56 Å². The summed E-state index contributed by atoms with van der Waals surface area (Å²) in [5.74, 6) is -0.642. The molecule has 25 heavy (non-hydrogen) atoms. The Balaban J connectivity index is 2.01. The number of anilines is 1. The molecule has 0 fully saturated rings. The Kier molecular flexibility index (Phi) is 6.59. The third-order valence-electron chi connectivity index (χ3n) is 3.25. The lowest BCUT2D eigenvalue weighted by Gasteiger charge is -2.10. The second kappa shape index (κ2) is 9.12. The number of nitrogens with one attached hydrogen (secondary N) is 1. The molecule has 2 aromatic carbocycles. The predicted octanol–water partition coefficient (Wildman–Crippen LogP) is 2.91. The molecule has 0 aliphatic heterocycles. The molecule has 0 amide bonds. The molecule has 2 rings (SSSR count). The molecule has 0 aliphatic rings. The number of carbonyl (C=O) groups is 2. The fourth-order valence-electron chi connectivity index (χ4n) is 1.96. The van der Waals surface area contributed by atoms with E-state index in [9.17, 15) is 9.59 Å². The van der Waals surface area contributed by atoms with Crippen molar-refractivity contribution in [3.63, 3.8) is 0 Å². The SMILES string of the molecule is COC(=O)/C=C(/Nc1ccc(OCc2ccccc2)cc1)C(=O)OC. The molecule has 6 nitrogen and oxygen atoms in total. The zero-order valence-corrected chi connectivity index (χ0v) is 14.0. The molecular formula is C19H19NO5. The Labute approximate surface area is 146 Å². The van der Waals surface area contributed by atoms with Gasteiger partial charge in [-0.25, -0.2) is 9.59 Å². The van der Waals surface area contributed by atoms with Crippen LogP contribution in [0.4, 0.5) is 5.69 Å². The summed E-state index contributed by atoms with van der Waals surface area (Å²) >= 11 is 0. The van der Waals surface area contributed by atoms with Crippen molar-refractivity contribution < 1.29 is 23.8 Å². The zero-order valence-electron chi connectivity index (χ0n) is 14.0. The summed E-state index contributed by atoms with van der Waals surface area (Å²) in [6.45, 7) is 0.462. The Morgan fingerprint density at radius 1 is 0.960 bits per heavy atom. The summed E-state index contributed by atoms with van der Waals surface area (Å²) in [5.41, 5.74) is 1.65. The smallest absolute Gasteiger partial charge is 0.354 e. The maximum absolute atomic E-state index is 11.7. The molecule has 130 valence electrons. The minimum absolute atomic E-state index is 0.0210. The van der Waals surface area contributed by atoms with E-state index in [4.69, 9.17) is 4.74 Å². The van der Waals surface area contributed by atoms with Crippen LogP contribution < -0.4 is 10.1 Å². The van der Waals surface area contributed by atoms with Crippen LogP contribution in [0.2, 0.25) is 0 Å². The van der Waals surface area contributed by atoms with Crippen LogP contribution in [-0.4, -0.2) is 26.2 Å². The summed E-state index contributed by atoms with van der Waals surface area (Å²) in [5, 5.41) is 2.83. The summed E-state index contributed by atoms with van der Waals surface area (Å²) < 4.78 is 14.9. The fourth-order valence-corrected chi connectivity index (χ4v) is 1.96. The van der Waals surface area contributed by atoms with Gasteiger partial charge < -0.3 is 19.5 Å². The average Bonchev–Trinajstić information content (AvgIpc) is 2.66. The van der Waals surface area contributed by atoms with Crippen LogP contribution in [0.25, 0.3) is 0 Å². The molecule has 0 saturated carbocycles. The average molecular weight is 341 g/mol. The van der Waals surface area contributed by atoms with Gasteiger partial charge in [-0.1, -0.05) is 30.3 Å². The lowest BCUT2D eigenvalue weighted by Crippen LogP contribution is -2.15. The first kappa shape index (κ1) is 18.1. The summed E-state index contributed by atoms with van der Waals surface area (Å²) in [7, 11) is 2.46. The van der Waals surface area contributed by atoms with Gasteiger partial charge in [0.15, 0.2) is 0 Å². The minimum atomic E-state index is -0.671. The predicted molar refractivity (Wildman–Crippen MR) is 93.0 cm³/mol. The Hall–Kier alpha value is -3.28. The normalized spacial score (nSPS) is 10.7. The molecule has 0 bridgehead atoms. The lowest BCUT2D eigenvalue weighted by molar-refractivity contribution is -0.138. The van der Waals surface area contributed by atoms with Gasteiger partial charge in [0.25, 0.3) is 0 Å².